The maximum absolute atomic E-state index is 11.8. The maximum Gasteiger partial charge on any atom is 0.138 e. The van der Waals surface area contributed by atoms with Gasteiger partial charge in [-0.25, -0.2) is 0 Å². The van der Waals surface area contributed by atoms with Gasteiger partial charge >= 0.3 is 0 Å². The molecule has 0 aliphatic rings. The Balaban J connectivity index is 3.13. The van der Waals surface area contributed by atoms with Crippen molar-refractivity contribution in [1.82, 2.24) is 0 Å². The van der Waals surface area contributed by atoms with Crippen molar-refractivity contribution in [1.29, 1.82) is 0 Å². The van der Waals surface area contributed by atoms with E-state index in [9.17, 15) is 4.79 Å². The molecule has 22 heavy (non-hydrogen) atoms. The Morgan fingerprint density at radius 2 is 1.18 bits per heavy atom. The normalized spacial score (nSPS) is 11.8. The fourth-order valence-electron chi connectivity index (χ4n) is 2.48. The minimum Gasteiger partial charge on any atom is -0.299 e. The first kappa shape index (κ1) is 22.0. The molecule has 1 nitrogen and oxygen atoms in total. The van der Waals surface area contributed by atoms with E-state index in [2.05, 4.69) is 18.7 Å². The number of hydrogen-bond donors (Lipinski definition) is 0. The Labute approximate surface area is 144 Å². The molecule has 2 heteroatoms. The summed E-state index contributed by atoms with van der Waals surface area (Å²) in [6, 6.07) is 0. The van der Waals surface area contributed by atoms with Crippen LogP contribution in [-0.4, -0.2) is 17.3 Å². The summed E-state index contributed by atoms with van der Waals surface area (Å²) in [4.78, 5) is 11.8. The fraction of sp³-hybridized carbons (Fsp3) is 0.950. The molecule has 0 aliphatic heterocycles. The fourth-order valence-corrected chi connectivity index (χ4v) is 3.50. The summed E-state index contributed by atoms with van der Waals surface area (Å²) in [6.07, 6.45) is 15.5. The highest BCUT2D eigenvalue weighted by Gasteiger charge is 2.19. The summed E-state index contributed by atoms with van der Waals surface area (Å²) < 4.78 is 0. The predicted molar refractivity (Wildman–Crippen MR) is 103 cm³/mol. The molecule has 0 bridgehead atoms. The van der Waals surface area contributed by atoms with Crippen molar-refractivity contribution in [3.8, 4) is 0 Å². The van der Waals surface area contributed by atoms with Crippen molar-refractivity contribution in [3.63, 3.8) is 0 Å². The number of thioether (sulfide) groups is 1. The number of unbranched alkanes of at least 4 members (excludes halogenated alkanes) is 9. The zero-order valence-corrected chi connectivity index (χ0v) is 16.5. The van der Waals surface area contributed by atoms with Gasteiger partial charge in [0.1, 0.15) is 5.78 Å². The first-order valence-electron chi connectivity index (χ1n) is 9.59. The van der Waals surface area contributed by atoms with Crippen LogP contribution in [-0.2, 0) is 4.79 Å². The topological polar surface area (TPSA) is 17.1 Å². The Morgan fingerprint density at radius 3 is 1.68 bits per heavy atom. The van der Waals surface area contributed by atoms with Crippen LogP contribution in [0.4, 0.5) is 0 Å². The minimum atomic E-state index is -0.146. The molecule has 0 amide bonds. The lowest BCUT2D eigenvalue weighted by atomic mass is 9.88. The van der Waals surface area contributed by atoms with Gasteiger partial charge in [-0.05, 0) is 30.8 Å². The van der Waals surface area contributed by atoms with Gasteiger partial charge in [0.15, 0.2) is 0 Å². The predicted octanol–water partition coefficient (Wildman–Crippen LogP) is 7.04. The van der Waals surface area contributed by atoms with Crippen molar-refractivity contribution in [2.75, 3.05) is 11.5 Å². The van der Waals surface area contributed by atoms with Crippen molar-refractivity contribution < 1.29 is 4.79 Å². The highest BCUT2D eigenvalue weighted by Crippen LogP contribution is 2.19. The second-order valence-electron chi connectivity index (χ2n) is 7.57. The standard InChI is InChI=1S/C20H40OS/c1-5-6-7-8-11-14-17-22-18-15-12-9-10-13-16-19(21)20(2,3)4/h5-18H2,1-4H3. The molecule has 0 spiro atoms. The molecule has 0 saturated carbocycles. The van der Waals surface area contributed by atoms with Crippen LogP contribution < -0.4 is 0 Å². The van der Waals surface area contributed by atoms with Crippen LogP contribution in [0.15, 0.2) is 0 Å². The number of Topliss-reactive ketones (excluding diaryl/α,β-unsaturated/α-hetero) is 1. The quantitative estimate of drug-likeness (QED) is 0.300. The zero-order valence-electron chi connectivity index (χ0n) is 15.7. The van der Waals surface area contributed by atoms with Gasteiger partial charge in [0, 0.05) is 11.8 Å². The van der Waals surface area contributed by atoms with Crippen LogP contribution in [0.25, 0.3) is 0 Å². The third kappa shape index (κ3) is 14.9. The average molecular weight is 329 g/mol. The van der Waals surface area contributed by atoms with Crippen LogP contribution in [0.2, 0.25) is 0 Å². The van der Waals surface area contributed by atoms with Crippen LogP contribution in [0.3, 0.4) is 0 Å². The largest absolute Gasteiger partial charge is 0.299 e. The van der Waals surface area contributed by atoms with E-state index in [1.807, 2.05) is 20.8 Å². The molecule has 0 atom stereocenters. The number of carbonyl (C=O) groups is 1. The average Bonchev–Trinajstić information content (AvgIpc) is 2.46. The highest BCUT2D eigenvalue weighted by atomic mass is 32.2. The molecule has 0 radical (unpaired) electrons. The van der Waals surface area contributed by atoms with Crippen LogP contribution in [0.1, 0.15) is 105 Å². The Bertz CT molecular complexity index is 255. The molecule has 0 aromatic carbocycles. The SMILES string of the molecule is CCCCCCCCSCCCCCCCC(=O)C(C)(C)C. The minimum absolute atomic E-state index is 0.146. The van der Waals surface area contributed by atoms with Crippen molar-refractivity contribution in [3.05, 3.63) is 0 Å². The third-order valence-electron chi connectivity index (χ3n) is 4.17. The van der Waals surface area contributed by atoms with Gasteiger partial charge in [-0.2, -0.15) is 11.8 Å². The number of ketones is 1. The van der Waals surface area contributed by atoms with E-state index in [0.717, 1.165) is 12.8 Å². The molecule has 0 aromatic rings. The van der Waals surface area contributed by atoms with Gasteiger partial charge < -0.3 is 0 Å². The summed E-state index contributed by atoms with van der Waals surface area (Å²) in [6.45, 7) is 8.35. The van der Waals surface area contributed by atoms with Crippen molar-refractivity contribution >= 4 is 17.5 Å². The summed E-state index contributed by atoms with van der Waals surface area (Å²) >= 11 is 2.13. The molecular weight excluding hydrogens is 288 g/mol. The molecule has 0 saturated heterocycles. The van der Waals surface area contributed by atoms with Gasteiger partial charge in [0.05, 0.1) is 0 Å². The molecular formula is C20H40OS. The number of rotatable bonds is 15. The van der Waals surface area contributed by atoms with Gasteiger partial charge in [0.25, 0.3) is 0 Å². The molecule has 0 N–H and O–H groups in total. The molecule has 0 unspecified atom stereocenters. The van der Waals surface area contributed by atoms with Crippen LogP contribution in [0, 0.1) is 5.41 Å². The first-order chi connectivity index (χ1) is 10.5. The van der Waals surface area contributed by atoms with Crippen molar-refractivity contribution in [2.45, 2.75) is 105 Å². The molecule has 0 heterocycles. The van der Waals surface area contributed by atoms with Crippen LogP contribution in [0.5, 0.6) is 0 Å². The van der Waals surface area contributed by atoms with Gasteiger partial charge in [-0.3, -0.25) is 4.79 Å². The van der Waals surface area contributed by atoms with E-state index in [4.69, 9.17) is 0 Å². The second kappa shape index (κ2) is 14.6. The van der Waals surface area contributed by atoms with Crippen LogP contribution >= 0.6 is 11.8 Å². The Kier molecular flexibility index (Phi) is 14.6. The van der Waals surface area contributed by atoms with E-state index in [-0.39, 0.29) is 5.41 Å². The van der Waals surface area contributed by atoms with Gasteiger partial charge in [0.2, 0.25) is 0 Å². The summed E-state index contributed by atoms with van der Waals surface area (Å²) in [7, 11) is 0. The third-order valence-corrected chi connectivity index (χ3v) is 5.33. The molecule has 0 fully saturated rings. The molecule has 0 aromatic heterocycles. The number of hydrogen-bond acceptors (Lipinski definition) is 2. The molecule has 0 aliphatic carbocycles. The van der Waals surface area contributed by atoms with E-state index in [0.29, 0.717) is 5.78 Å². The molecule has 132 valence electrons. The molecule has 0 rings (SSSR count). The van der Waals surface area contributed by atoms with E-state index >= 15 is 0 Å². The first-order valence-corrected chi connectivity index (χ1v) is 10.7. The Hall–Kier alpha value is 0.0200. The lowest BCUT2D eigenvalue weighted by molar-refractivity contribution is -0.126. The smallest absolute Gasteiger partial charge is 0.138 e. The summed E-state index contributed by atoms with van der Waals surface area (Å²) in [5.74, 6) is 3.10. The lowest BCUT2D eigenvalue weighted by Crippen LogP contribution is -2.19. The second-order valence-corrected chi connectivity index (χ2v) is 8.80. The lowest BCUT2D eigenvalue weighted by Gasteiger charge is -2.16. The van der Waals surface area contributed by atoms with Gasteiger partial charge in [-0.15, -0.1) is 0 Å². The van der Waals surface area contributed by atoms with Crippen molar-refractivity contribution in [2.24, 2.45) is 5.41 Å². The maximum atomic E-state index is 11.8. The Morgan fingerprint density at radius 1 is 0.727 bits per heavy atom. The monoisotopic (exact) mass is 328 g/mol. The highest BCUT2D eigenvalue weighted by molar-refractivity contribution is 7.99. The zero-order chi connectivity index (χ0) is 16.7. The van der Waals surface area contributed by atoms with E-state index < -0.39 is 0 Å². The van der Waals surface area contributed by atoms with E-state index in [1.165, 1.54) is 75.7 Å². The van der Waals surface area contributed by atoms with E-state index in [1.54, 1.807) is 0 Å². The number of carbonyl (C=O) groups excluding carboxylic acids is 1. The summed E-state index contributed by atoms with van der Waals surface area (Å²) in [5.41, 5.74) is -0.146. The van der Waals surface area contributed by atoms with Gasteiger partial charge in [-0.1, -0.05) is 79.1 Å². The summed E-state index contributed by atoms with van der Waals surface area (Å²) in [5, 5.41) is 0.